The van der Waals surface area contributed by atoms with Crippen LogP contribution in [0.2, 0.25) is 0 Å². The third kappa shape index (κ3) is 8.47. The Hall–Kier alpha value is -1.26. The lowest BCUT2D eigenvalue weighted by Gasteiger charge is -2.18. The van der Waals surface area contributed by atoms with Gasteiger partial charge in [0.15, 0.2) is 15.8 Å². The fourth-order valence-corrected chi connectivity index (χ4v) is 5.73. The van der Waals surface area contributed by atoms with Crippen LogP contribution in [0.5, 0.6) is 0 Å². The number of benzene rings is 2. The van der Waals surface area contributed by atoms with Crippen LogP contribution in [0.15, 0.2) is 70.6 Å². The van der Waals surface area contributed by atoms with Crippen molar-refractivity contribution in [3.63, 3.8) is 0 Å². The number of thioether (sulfide) groups is 1. The summed E-state index contributed by atoms with van der Waals surface area (Å²) in [6, 6.07) is 19.8. The van der Waals surface area contributed by atoms with Gasteiger partial charge < -0.3 is 10.6 Å². The van der Waals surface area contributed by atoms with Gasteiger partial charge in [0.05, 0.1) is 11.5 Å². The van der Waals surface area contributed by atoms with Crippen LogP contribution in [0, 0.1) is 0 Å². The quantitative estimate of drug-likeness (QED) is 0.199. The zero-order valence-corrected chi connectivity index (χ0v) is 21.2. The molecule has 2 N–H and O–H groups in total. The van der Waals surface area contributed by atoms with Crippen LogP contribution in [0.1, 0.15) is 24.8 Å². The number of rotatable bonds is 10. The number of hydrogen-bond donors (Lipinski definition) is 2. The summed E-state index contributed by atoms with van der Waals surface area (Å²) in [7, 11) is -1.36. The molecule has 3 rings (SSSR count). The molecule has 0 saturated heterocycles. The van der Waals surface area contributed by atoms with Crippen molar-refractivity contribution in [2.45, 2.75) is 34.7 Å². The molecule has 1 fully saturated rings. The molecule has 1 saturated carbocycles. The van der Waals surface area contributed by atoms with Crippen molar-refractivity contribution < 1.29 is 8.42 Å². The highest BCUT2D eigenvalue weighted by atomic mass is 127. The summed E-state index contributed by atoms with van der Waals surface area (Å²) in [5.74, 6) is 0.991. The van der Waals surface area contributed by atoms with E-state index < -0.39 is 9.84 Å². The Morgan fingerprint density at radius 3 is 2.27 bits per heavy atom. The van der Waals surface area contributed by atoms with Gasteiger partial charge in [0, 0.05) is 29.8 Å². The zero-order valence-electron chi connectivity index (χ0n) is 17.2. The number of nitrogens with zero attached hydrogens (tertiary/aromatic N) is 1. The predicted molar refractivity (Wildman–Crippen MR) is 138 cm³/mol. The summed E-state index contributed by atoms with van der Waals surface area (Å²) in [6.45, 7) is 1.42. The molecular weight excluding hydrogens is 529 g/mol. The normalized spacial score (nSPS) is 15.2. The summed E-state index contributed by atoms with van der Waals surface area (Å²) in [6.07, 6.45) is 2.93. The monoisotopic (exact) mass is 559 g/mol. The van der Waals surface area contributed by atoms with Crippen LogP contribution in [-0.4, -0.2) is 45.0 Å². The van der Waals surface area contributed by atoms with Gasteiger partial charge in [-0.2, -0.15) is 0 Å². The molecule has 0 bridgehead atoms. The Morgan fingerprint density at radius 2 is 1.67 bits per heavy atom. The van der Waals surface area contributed by atoms with E-state index in [1.807, 2.05) is 48.2 Å². The first-order valence-corrected chi connectivity index (χ1v) is 12.6. The van der Waals surface area contributed by atoms with Gasteiger partial charge in [-0.3, -0.25) is 4.99 Å². The third-order valence-electron chi connectivity index (χ3n) is 4.84. The molecule has 0 aliphatic heterocycles. The Morgan fingerprint density at radius 1 is 1.03 bits per heavy atom. The Kier molecular flexibility index (Phi) is 9.96. The van der Waals surface area contributed by atoms with Gasteiger partial charge in [0.25, 0.3) is 0 Å². The average Bonchev–Trinajstić information content (AvgIpc) is 3.48. The molecular formula is C22H30IN3O2S2. The fourth-order valence-electron chi connectivity index (χ4n) is 3.06. The van der Waals surface area contributed by atoms with Crippen molar-refractivity contribution >= 4 is 51.5 Å². The first-order chi connectivity index (χ1) is 14.0. The van der Waals surface area contributed by atoms with Crippen molar-refractivity contribution in [1.29, 1.82) is 0 Å². The molecule has 1 aliphatic carbocycles. The highest BCUT2D eigenvalue weighted by Gasteiger charge is 2.43. The van der Waals surface area contributed by atoms with Gasteiger partial charge in [-0.25, -0.2) is 8.42 Å². The highest BCUT2D eigenvalue weighted by Crippen LogP contribution is 2.51. The molecule has 8 heteroatoms. The summed E-state index contributed by atoms with van der Waals surface area (Å²) in [4.78, 5) is 5.55. The molecule has 0 amide bonds. The maximum Gasteiger partial charge on any atom is 0.191 e. The van der Waals surface area contributed by atoms with Crippen molar-refractivity contribution in [2.75, 3.05) is 25.9 Å². The summed E-state index contributed by atoms with van der Waals surface area (Å²) >= 11 is 1.92. The van der Waals surface area contributed by atoms with E-state index in [9.17, 15) is 8.42 Å². The number of halogens is 1. The Labute approximate surface area is 201 Å². The molecule has 0 radical (unpaired) electrons. The predicted octanol–water partition coefficient (Wildman–Crippen LogP) is 4.10. The molecule has 30 heavy (non-hydrogen) atoms. The summed E-state index contributed by atoms with van der Waals surface area (Å²) in [5.41, 5.74) is 0.837. The fraction of sp³-hybridized carbons (Fsp3) is 0.409. The van der Waals surface area contributed by atoms with E-state index in [4.69, 9.17) is 0 Å². The van der Waals surface area contributed by atoms with Crippen molar-refractivity contribution in [1.82, 2.24) is 10.6 Å². The SMILES string of the molecule is CN=C(NCCCS(=O)(=O)Cc1ccccc1)NCC1(Sc2ccccc2)CC1.I. The van der Waals surface area contributed by atoms with Crippen molar-refractivity contribution in [3.05, 3.63) is 66.2 Å². The largest absolute Gasteiger partial charge is 0.356 e. The van der Waals surface area contributed by atoms with Gasteiger partial charge in [0.1, 0.15) is 0 Å². The minimum absolute atomic E-state index is 0. The molecule has 2 aromatic rings. The standard InChI is InChI=1S/C22H29N3O2S2.HI/c1-23-21(25-18-22(13-14-22)28-20-11-6-3-7-12-20)24-15-8-16-29(26,27)17-19-9-4-2-5-10-19;/h2-7,9-12H,8,13-18H2,1H3,(H2,23,24,25);1H. The third-order valence-corrected chi connectivity index (χ3v) is 8.02. The molecule has 0 atom stereocenters. The number of aliphatic imine (C=N–C) groups is 1. The lowest BCUT2D eigenvalue weighted by molar-refractivity contribution is 0.591. The molecule has 0 aromatic heterocycles. The summed E-state index contributed by atoms with van der Waals surface area (Å²) < 4.78 is 24.8. The second-order valence-electron chi connectivity index (χ2n) is 7.38. The smallest absolute Gasteiger partial charge is 0.191 e. The molecule has 0 spiro atoms. The van der Waals surface area contributed by atoms with Crippen molar-refractivity contribution in [2.24, 2.45) is 4.99 Å². The maximum atomic E-state index is 12.3. The second kappa shape index (κ2) is 12.0. The van der Waals surface area contributed by atoms with E-state index in [2.05, 4.69) is 39.9 Å². The van der Waals surface area contributed by atoms with Crippen LogP contribution in [0.3, 0.4) is 0 Å². The van der Waals surface area contributed by atoms with E-state index in [1.165, 1.54) is 17.7 Å². The maximum absolute atomic E-state index is 12.3. The molecule has 0 unspecified atom stereocenters. The number of nitrogens with one attached hydrogen (secondary N) is 2. The molecule has 0 heterocycles. The molecule has 1 aliphatic rings. The lowest BCUT2D eigenvalue weighted by atomic mass is 10.2. The first-order valence-electron chi connectivity index (χ1n) is 9.93. The lowest BCUT2D eigenvalue weighted by Crippen LogP contribution is -2.41. The first kappa shape index (κ1) is 25.0. The van der Waals surface area contributed by atoms with Gasteiger partial charge in [-0.15, -0.1) is 35.7 Å². The van der Waals surface area contributed by atoms with Gasteiger partial charge in [-0.1, -0.05) is 48.5 Å². The zero-order chi connectivity index (χ0) is 20.6. The topological polar surface area (TPSA) is 70.6 Å². The molecule has 164 valence electrons. The number of hydrogen-bond acceptors (Lipinski definition) is 4. The summed E-state index contributed by atoms with van der Waals surface area (Å²) in [5, 5.41) is 6.63. The van der Waals surface area contributed by atoms with Crippen LogP contribution in [0.25, 0.3) is 0 Å². The van der Waals surface area contributed by atoms with Gasteiger partial charge >= 0.3 is 0 Å². The Bertz CT molecular complexity index is 902. The molecule has 5 nitrogen and oxygen atoms in total. The number of guanidine groups is 1. The van der Waals surface area contributed by atoms with E-state index in [0.717, 1.165) is 18.1 Å². The minimum Gasteiger partial charge on any atom is -0.356 e. The van der Waals surface area contributed by atoms with E-state index in [-0.39, 0.29) is 40.2 Å². The highest BCUT2D eigenvalue weighted by molar-refractivity contribution is 14.0. The minimum atomic E-state index is -3.10. The van der Waals surface area contributed by atoms with Gasteiger partial charge in [0.2, 0.25) is 0 Å². The van der Waals surface area contributed by atoms with Gasteiger partial charge in [-0.05, 0) is 37.0 Å². The van der Waals surface area contributed by atoms with E-state index in [1.54, 1.807) is 7.05 Å². The van der Waals surface area contributed by atoms with Crippen LogP contribution >= 0.6 is 35.7 Å². The van der Waals surface area contributed by atoms with Crippen molar-refractivity contribution in [3.8, 4) is 0 Å². The van der Waals surface area contributed by atoms with E-state index >= 15 is 0 Å². The van der Waals surface area contributed by atoms with Crippen LogP contribution in [0.4, 0.5) is 0 Å². The number of sulfone groups is 1. The average molecular weight is 560 g/mol. The van der Waals surface area contributed by atoms with Crippen LogP contribution < -0.4 is 10.6 Å². The second-order valence-corrected chi connectivity index (χ2v) is 11.1. The van der Waals surface area contributed by atoms with E-state index in [0.29, 0.717) is 13.0 Å². The van der Waals surface area contributed by atoms with Crippen LogP contribution in [-0.2, 0) is 15.6 Å². The molecule has 2 aromatic carbocycles. The Balaban J connectivity index is 0.00000320.